The lowest BCUT2D eigenvalue weighted by Crippen LogP contribution is -2.52. The van der Waals surface area contributed by atoms with Gasteiger partial charge < -0.3 is 20.5 Å². The van der Waals surface area contributed by atoms with E-state index in [4.69, 9.17) is 15.2 Å². The highest BCUT2D eigenvalue weighted by Crippen LogP contribution is 2.31. The molecule has 1 saturated carbocycles. The largest absolute Gasteiger partial charge is 0.491 e. The number of carbonyl (C=O) groups is 1. The molecule has 0 aliphatic heterocycles. The van der Waals surface area contributed by atoms with E-state index in [0.29, 0.717) is 19.8 Å². The lowest BCUT2D eigenvalue weighted by atomic mass is 9.74. The molecular weight excluding hydrogens is 328 g/mol. The molecule has 1 aromatic carbocycles. The van der Waals surface area contributed by atoms with Crippen molar-refractivity contribution in [1.29, 1.82) is 0 Å². The molecule has 2 atom stereocenters. The number of hydrogen-bond donors (Lipinski definition) is 2. The lowest BCUT2D eigenvalue weighted by Gasteiger charge is -2.37. The average molecular weight is 357 g/mol. The van der Waals surface area contributed by atoms with Crippen LogP contribution >= 0.6 is 12.4 Å². The Balaban J connectivity index is 0.00000288. The van der Waals surface area contributed by atoms with Crippen molar-refractivity contribution in [3.63, 3.8) is 0 Å². The van der Waals surface area contributed by atoms with E-state index in [1.165, 1.54) is 0 Å². The normalized spacial score (nSPS) is 23.2. The molecule has 1 fully saturated rings. The third-order valence-corrected chi connectivity index (χ3v) is 4.54. The van der Waals surface area contributed by atoms with Crippen molar-refractivity contribution in [3.8, 4) is 5.75 Å². The first-order valence-electron chi connectivity index (χ1n) is 8.31. The Bertz CT molecular complexity index is 523. The number of ether oxygens (including phenoxy) is 2. The third kappa shape index (κ3) is 5.65. The minimum absolute atomic E-state index is 0. The number of nitrogens with two attached hydrogens (primary N) is 1. The Morgan fingerprint density at radius 3 is 2.79 bits per heavy atom. The standard InChI is InChI=1S/C18H28N2O3.ClH/c1-18(19)10-6-5-8-15(18)17(21)20-13-14-7-3-4-9-16(14)23-12-11-22-2;/h3-4,7,9,15H,5-6,8,10-13,19H2,1-2H3,(H,20,21);1H. The van der Waals surface area contributed by atoms with Crippen molar-refractivity contribution in [3.05, 3.63) is 29.8 Å². The molecule has 1 aliphatic rings. The topological polar surface area (TPSA) is 73.6 Å². The van der Waals surface area contributed by atoms with Crippen molar-refractivity contribution >= 4 is 18.3 Å². The fraction of sp³-hybridized carbons (Fsp3) is 0.611. The third-order valence-electron chi connectivity index (χ3n) is 4.54. The van der Waals surface area contributed by atoms with E-state index >= 15 is 0 Å². The Kier molecular flexibility index (Phi) is 8.53. The number of benzene rings is 1. The summed E-state index contributed by atoms with van der Waals surface area (Å²) in [5, 5.41) is 3.02. The van der Waals surface area contributed by atoms with Crippen molar-refractivity contribution in [2.75, 3.05) is 20.3 Å². The van der Waals surface area contributed by atoms with E-state index in [1.807, 2.05) is 31.2 Å². The minimum atomic E-state index is -0.406. The number of halogens is 1. The molecular formula is C18H29ClN2O3. The first-order chi connectivity index (χ1) is 11.0. The number of methoxy groups -OCH3 is 1. The Morgan fingerprint density at radius 1 is 1.33 bits per heavy atom. The van der Waals surface area contributed by atoms with Crippen LogP contribution in [0.3, 0.4) is 0 Å². The van der Waals surface area contributed by atoms with Gasteiger partial charge in [-0.05, 0) is 25.8 Å². The molecule has 0 bridgehead atoms. The molecule has 24 heavy (non-hydrogen) atoms. The monoisotopic (exact) mass is 356 g/mol. The number of nitrogens with one attached hydrogen (secondary N) is 1. The Morgan fingerprint density at radius 2 is 2.08 bits per heavy atom. The molecule has 0 aromatic heterocycles. The van der Waals surface area contributed by atoms with Gasteiger partial charge in [-0.25, -0.2) is 0 Å². The smallest absolute Gasteiger partial charge is 0.225 e. The molecule has 1 aliphatic carbocycles. The van der Waals surface area contributed by atoms with Crippen LogP contribution in [0, 0.1) is 5.92 Å². The molecule has 5 nitrogen and oxygen atoms in total. The molecule has 3 N–H and O–H groups in total. The van der Waals surface area contributed by atoms with Gasteiger partial charge in [0, 0.05) is 24.8 Å². The highest BCUT2D eigenvalue weighted by atomic mass is 35.5. The zero-order chi connectivity index (χ0) is 16.7. The molecule has 0 radical (unpaired) electrons. The summed E-state index contributed by atoms with van der Waals surface area (Å²) < 4.78 is 10.7. The molecule has 1 amide bonds. The highest BCUT2D eigenvalue weighted by Gasteiger charge is 2.37. The van der Waals surface area contributed by atoms with Crippen molar-refractivity contribution < 1.29 is 14.3 Å². The maximum Gasteiger partial charge on any atom is 0.225 e. The van der Waals surface area contributed by atoms with Crippen LogP contribution in [0.15, 0.2) is 24.3 Å². The SMILES string of the molecule is COCCOc1ccccc1CNC(=O)C1CCCCC1(C)N.Cl. The fourth-order valence-electron chi connectivity index (χ4n) is 3.12. The summed E-state index contributed by atoms with van der Waals surface area (Å²) in [6.45, 7) is 3.46. The van der Waals surface area contributed by atoms with Crippen molar-refractivity contribution in [2.24, 2.45) is 11.7 Å². The first kappa shape index (κ1) is 20.7. The summed E-state index contributed by atoms with van der Waals surface area (Å²) >= 11 is 0. The average Bonchev–Trinajstić information content (AvgIpc) is 2.53. The second-order valence-corrected chi connectivity index (χ2v) is 6.47. The van der Waals surface area contributed by atoms with Gasteiger partial charge in [0.2, 0.25) is 5.91 Å². The zero-order valence-electron chi connectivity index (χ0n) is 14.5. The molecule has 136 valence electrons. The van der Waals surface area contributed by atoms with Crippen LogP contribution in [-0.4, -0.2) is 31.8 Å². The van der Waals surface area contributed by atoms with Crippen LogP contribution in [0.4, 0.5) is 0 Å². The minimum Gasteiger partial charge on any atom is -0.491 e. The van der Waals surface area contributed by atoms with Gasteiger partial charge >= 0.3 is 0 Å². The molecule has 0 saturated heterocycles. The van der Waals surface area contributed by atoms with E-state index < -0.39 is 5.54 Å². The maximum atomic E-state index is 12.5. The van der Waals surface area contributed by atoms with Gasteiger partial charge in [0.05, 0.1) is 12.5 Å². The van der Waals surface area contributed by atoms with Crippen LogP contribution < -0.4 is 15.8 Å². The second kappa shape index (κ2) is 9.87. The second-order valence-electron chi connectivity index (χ2n) is 6.47. The number of para-hydroxylation sites is 1. The highest BCUT2D eigenvalue weighted by molar-refractivity contribution is 5.85. The summed E-state index contributed by atoms with van der Waals surface area (Å²) in [4.78, 5) is 12.5. The zero-order valence-corrected chi connectivity index (χ0v) is 15.4. The van der Waals surface area contributed by atoms with E-state index in [1.54, 1.807) is 7.11 Å². The van der Waals surface area contributed by atoms with Gasteiger partial charge in [-0.3, -0.25) is 4.79 Å². The van der Waals surface area contributed by atoms with Gasteiger partial charge in [-0.15, -0.1) is 12.4 Å². The fourth-order valence-corrected chi connectivity index (χ4v) is 3.12. The number of carbonyl (C=O) groups excluding carboxylic acids is 1. The molecule has 0 spiro atoms. The van der Waals surface area contributed by atoms with Gasteiger partial charge in [0.25, 0.3) is 0 Å². The van der Waals surface area contributed by atoms with Gasteiger partial charge in [0.1, 0.15) is 12.4 Å². The maximum absolute atomic E-state index is 12.5. The van der Waals surface area contributed by atoms with E-state index in [9.17, 15) is 4.79 Å². The van der Waals surface area contributed by atoms with Gasteiger partial charge in [-0.1, -0.05) is 31.0 Å². The lowest BCUT2D eigenvalue weighted by molar-refractivity contribution is -0.128. The summed E-state index contributed by atoms with van der Waals surface area (Å²) in [5.74, 6) is 0.711. The van der Waals surface area contributed by atoms with Crippen LogP contribution in [0.25, 0.3) is 0 Å². The van der Waals surface area contributed by atoms with Crippen molar-refractivity contribution in [2.45, 2.75) is 44.7 Å². The van der Waals surface area contributed by atoms with Crippen LogP contribution in [0.2, 0.25) is 0 Å². The van der Waals surface area contributed by atoms with Crippen molar-refractivity contribution in [1.82, 2.24) is 5.32 Å². The summed E-state index contributed by atoms with van der Waals surface area (Å²) in [7, 11) is 1.64. The van der Waals surface area contributed by atoms with E-state index in [-0.39, 0.29) is 24.2 Å². The van der Waals surface area contributed by atoms with Gasteiger partial charge in [-0.2, -0.15) is 0 Å². The van der Waals surface area contributed by atoms with Crippen LogP contribution in [0.1, 0.15) is 38.2 Å². The molecule has 1 aromatic rings. The van der Waals surface area contributed by atoms with Crippen LogP contribution in [-0.2, 0) is 16.1 Å². The van der Waals surface area contributed by atoms with E-state index in [2.05, 4.69) is 5.32 Å². The van der Waals surface area contributed by atoms with E-state index in [0.717, 1.165) is 37.0 Å². The summed E-state index contributed by atoms with van der Waals surface area (Å²) in [6.07, 6.45) is 3.95. The molecule has 2 unspecified atom stereocenters. The summed E-state index contributed by atoms with van der Waals surface area (Å²) in [6, 6.07) is 7.74. The quantitative estimate of drug-likeness (QED) is 0.736. The number of rotatable bonds is 7. The van der Waals surface area contributed by atoms with Crippen LogP contribution in [0.5, 0.6) is 5.75 Å². The predicted octanol–water partition coefficient (Wildman–Crippen LogP) is 2.66. The summed E-state index contributed by atoms with van der Waals surface area (Å²) in [5.41, 5.74) is 6.86. The first-order valence-corrected chi connectivity index (χ1v) is 8.31. The molecule has 6 heteroatoms. The molecule has 2 rings (SSSR count). The van der Waals surface area contributed by atoms with Gasteiger partial charge in [0.15, 0.2) is 0 Å². The Hall–Kier alpha value is -1.30. The predicted molar refractivity (Wildman–Crippen MR) is 97.5 cm³/mol. The number of hydrogen-bond acceptors (Lipinski definition) is 4. The number of amides is 1. The molecule has 0 heterocycles. The Labute approximate surface area is 150 Å².